The second-order valence-electron chi connectivity index (χ2n) is 6.77. The van der Waals surface area contributed by atoms with E-state index in [1.165, 1.54) is 5.56 Å². The first kappa shape index (κ1) is 16.4. The van der Waals surface area contributed by atoms with Crippen molar-refractivity contribution in [3.05, 3.63) is 71.7 Å². The lowest BCUT2D eigenvalue weighted by Gasteiger charge is -2.26. The summed E-state index contributed by atoms with van der Waals surface area (Å²) in [4.78, 5) is 9.71. The molecular weight excluding hydrogens is 324 g/mol. The van der Waals surface area contributed by atoms with Gasteiger partial charge in [0.1, 0.15) is 17.4 Å². The molecule has 0 saturated heterocycles. The highest BCUT2D eigenvalue weighted by atomic mass is 16.3. The van der Waals surface area contributed by atoms with Crippen molar-refractivity contribution in [3.8, 4) is 0 Å². The number of rotatable bonds is 5. The summed E-state index contributed by atoms with van der Waals surface area (Å²) in [5, 5.41) is 19.0. The van der Waals surface area contributed by atoms with E-state index in [1.54, 1.807) is 0 Å². The van der Waals surface area contributed by atoms with Gasteiger partial charge in [-0.15, -0.1) is 0 Å². The Hall–Kier alpha value is -3.08. The van der Waals surface area contributed by atoms with Gasteiger partial charge in [0.2, 0.25) is 0 Å². The molecule has 0 fully saturated rings. The molecule has 132 valence electrons. The molecule has 0 spiro atoms. The average Bonchev–Trinajstić information content (AvgIpc) is 3.20. The summed E-state index contributed by atoms with van der Waals surface area (Å²) in [7, 11) is 0. The van der Waals surface area contributed by atoms with Crippen LogP contribution in [0.5, 0.6) is 0 Å². The molecule has 1 aromatic heterocycles. The Morgan fingerprint density at radius 2 is 1.88 bits per heavy atom. The summed E-state index contributed by atoms with van der Waals surface area (Å²) < 4.78 is 0. The maximum atomic E-state index is 10.5. The zero-order valence-electron chi connectivity index (χ0n) is 14.7. The second-order valence-corrected chi connectivity index (χ2v) is 6.77. The van der Waals surface area contributed by atoms with Crippen LogP contribution in [0, 0.1) is 5.41 Å². The van der Waals surface area contributed by atoms with Crippen LogP contribution in [0.15, 0.2) is 60.4 Å². The number of fused-ring (bicyclic) bond motifs is 1. The Morgan fingerprint density at radius 1 is 1.15 bits per heavy atom. The van der Waals surface area contributed by atoms with Crippen molar-refractivity contribution in [2.45, 2.75) is 25.8 Å². The Labute approximate surface area is 152 Å². The van der Waals surface area contributed by atoms with Gasteiger partial charge >= 0.3 is 0 Å². The van der Waals surface area contributed by atoms with E-state index in [4.69, 9.17) is 5.41 Å². The van der Waals surface area contributed by atoms with Crippen molar-refractivity contribution in [1.82, 2.24) is 14.9 Å². The molecule has 1 atom stereocenters. The number of aryl methyl sites for hydroxylation is 1. The summed E-state index contributed by atoms with van der Waals surface area (Å²) in [6.45, 7) is 2.47. The third kappa shape index (κ3) is 2.96. The molecule has 0 saturated carbocycles. The van der Waals surface area contributed by atoms with Crippen LogP contribution in [-0.4, -0.2) is 38.4 Å². The van der Waals surface area contributed by atoms with Gasteiger partial charge in [0.25, 0.3) is 0 Å². The number of benzene rings is 2. The maximum Gasteiger partial charge on any atom is 0.145 e. The van der Waals surface area contributed by atoms with E-state index in [9.17, 15) is 5.11 Å². The van der Waals surface area contributed by atoms with Crippen LogP contribution in [-0.2, 0) is 6.42 Å². The Morgan fingerprint density at radius 3 is 2.65 bits per heavy atom. The monoisotopic (exact) mass is 346 g/mol. The first-order valence-corrected chi connectivity index (χ1v) is 8.90. The molecule has 1 aliphatic rings. The molecule has 0 amide bonds. The van der Waals surface area contributed by atoms with Crippen molar-refractivity contribution in [2.75, 3.05) is 6.54 Å². The summed E-state index contributed by atoms with van der Waals surface area (Å²) in [6, 6.07) is 18.3. The van der Waals surface area contributed by atoms with Gasteiger partial charge < -0.3 is 15.0 Å². The van der Waals surface area contributed by atoms with Crippen LogP contribution in [0.3, 0.4) is 0 Å². The number of H-pyrrole nitrogens is 1. The van der Waals surface area contributed by atoms with E-state index in [2.05, 4.69) is 29.0 Å². The van der Waals surface area contributed by atoms with E-state index in [0.29, 0.717) is 23.8 Å². The minimum absolute atomic E-state index is 0.159. The highest BCUT2D eigenvalue weighted by Gasteiger charge is 2.32. The predicted molar refractivity (Wildman–Crippen MR) is 104 cm³/mol. The van der Waals surface area contributed by atoms with Gasteiger partial charge in [0, 0.05) is 6.04 Å². The first-order chi connectivity index (χ1) is 12.6. The standard InChI is InChI=1S/C21H22N4O/c1-14(11-12-15-7-3-2-4-8-15)25-13-18(26)19(20(25)22)21-23-16-9-5-6-10-17(16)24-21/h2-10,14,22,26H,11-13H2,1H3,(H,23,24). The number of nitrogens with one attached hydrogen (secondary N) is 2. The summed E-state index contributed by atoms with van der Waals surface area (Å²) >= 11 is 0. The van der Waals surface area contributed by atoms with Crippen molar-refractivity contribution < 1.29 is 5.11 Å². The van der Waals surface area contributed by atoms with Gasteiger partial charge in [-0.1, -0.05) is 42.5 Å². The van der Waals surface area contributed by atoms with E-state index >= 15 is 0 Å². The number of hydrogen-bond donors (Lipinski definition) is 3. The number of aliphatic hydroxyl groups is 1. The number of aliphatic hydroxyl groups excluding tert-OH is 1. The zero-order chi connectivity index (χ0) is 18.1. The lowest BCUT2D eigenvalue weighted by atomic mass is 10.1. The SMILES string of the molecule is CC(CCc1ccccc1)N1CC(O)=C(c2nc3ccccc3[nH]2)C1=N. The minimum atomic E-state index is 0.159. The quantitative estimate of drug-likeness (QED) is 0.650. The fourth-order valence-corrected chi connectivity index (χ4v) is 3.47. The number of hydrogen-bond acceptors (Lipinski definition) is 3. The molecule has 0 bridgehead atoms. The van der Waals surface area contributed by atoms with Crippen LogP contribution in [0.2, 0.25) is 0 Å². The van der Waals surface area contributed by atoms with Crippen LogP contribution >= 0.6 is 0 Å². The topological polar surface area (TPSA) is 76.0 Å². The van der Waals surface area contributed by atoms with Crippen molar-refractivity contribution in [3.63, 3.8) is 0 Å². The normalized spacial score (nSPS) is 15.9. The molecule has 5 heteroatoms. The van der Waals surface area contributed by atoms with Gasteiger partial charge in [-0.05, 0) is 37.5 Å². The van der Waals surface area contributed by atoms with Crippen molar-refractivity contribution in [2.24, 2.45) is 0 Å². The van der Waals surface area contributed by atoms with Gasteiger partial charge in [-0.25, -0.2) is 4.98 Å². The fraction of sp³-hybridized carbons (Fsp3) is 0.238. The van der Waals surface area contributed by atoms with Crippen LogP contribution < -0.4 is 0 Å². The third-order valence-corrected chi connectivity index (χ3v) is 4.98. The Balaban J connectivity index is 1.50. The maximum absolute atomic E-state index is 10.5. The van der Waals surface area contributed by atoms with Crippen LogP contribution in [0.4, 0.5) is 0 Å². The van der Waals surface area contributed by atoms with E-state index in [1.807, 2.05) is 47.4 Å². The van der Waals surface area contributed by atoms with Gasteiger partial charge in [0.05, 0.1) is 23.2 Å². The highest BCUT2D eigenvalue weighted by Crippen LogP contribution is 2.29. The first-order valence-electron chi connectivity index (χ1n) is 8.90. The number of aromatic nitrogens is 2. The molecular formula is C21H22N4O. The lowest BCUT2D eigenvalue weighted by molar-refractivity contribution is 0.296. The molecule has 0 radical (unpaired) electrons. The molecule has 3 aromatic rings. The zero-order valence-corrected chi connectivity index (χ0v) is 14.7. The van der Waals surface area contributed by atoms with E-state index in [0.717, 1.165) is 23.9 Å². The highest BCUT2D eigenvalue weighted by molar-refractivity contribution is 6.23. The van der Waals surface area contributed by atoms with Crippen molar-refractivity contribution >= 4 is 22.4 Å². The number of aromatic amines is 1. The van der Waals surface area contributed by atoms with Crippen molar-refractivity contribution in [1.29, 1.82) is 5.41 Å². The smallest absolute Gasteiger partial charge is 0.145 e. The Kier molecular flexibility index (Phi) is 4.21. The molecule has 0 aliphatic carbocycles. The second kappa shape index (κ2) is 6.67. The molecule has 2 aromatic carbocycles. The minimum Gasteiger partial charge on any atom is -0.510 e. The van der Waals surface area contributed by atoms with E-state index < -0.39 is 0 Å². The number of imidazole rings is 1. The average molecular weight is 346 g/mol. The molecule has 3 N–H and O–H groups in total. The summed E-state index contributed by atoms with van der Waals surface area (Å²) in [5.41, 5.74) is 3.55. The lowest BCUT2D eigenvalue weighted by Crippen LogP contribution is -2.35. The molecule has 1 aliphatic heterocycles. The van der Waals surface area contributed by atoms with Gasteiger partial charge in [-0.3, -0.25) is 5.41 Å². The third-order valence-electron chi connectivity index (χ3n) is 4.98. The van der Waals surface area contributed by atoms with Gasteiger partial charge in [0.15, 0.2) is 0 Å². The van der Waals surface area contributed by atoms with Crippen LogP contribution in [0.1, 0.15) is 24.7 Å². The van der Waals surface area contributed by atoms with Crippen LogP contribution in [0.25, 0.3) is 16.6 Å². The predicted octanol–water partition coefficient (Wildman–Crippen LogP) is 4.15. The summed E-state index contributed by atoms with van der Waals surface area (Å²) in [6.07, 6.45) is 1.87. The molecule has 5 nitrogen and oxygen atoms in total. The fourth-order valence-electron chi connectivity index (χ4n) is 3.47. The molecule has 4 rings (SSSR count). The number of para-hydroxylation sites is 2. The number of amidine groups is 1. The Bertz CT molecular complexity index is 941. The number of nitrogens with zero attached hydrogens (tertiary/aromatic N) is 2. The van der Waals surface area contributed by atoms with Gasteiger partial charge in [-0.2, -0.15) is 0 Å². The molecule has 1 unspecified atom stereocenters. The van der Waals surface area contributed by atoms with E-state index in [-0.39, 0.29) is 11.8 Å². The molecule has 26 heavy (non-hydrogen) atoms. The largest absolute Gasteiger partial charge is 0.510 e. The molecule has 2 heterocycles. The summed E-state index contributed by atoms with van der Waals surface area (Å²) in [5.74, 6) is 1.11.